The molecule has 0 amide bonds. The number of hydrogen-bond acceptors (Lipinski definition) is 2. The molecule has 0 aromatic carbocycles. The Morgan fingerprint density at radius 1 is 0.739 bits per heavy atom. The van der Waals surface area contributed by atoms with E-state index < -0.39 is 0 Å². The summed E-state index contributed by atoms with van der Waals surface area (Å²) in [4.78, 5) is 0. The molecule has 1 spiro atoms. The third kappa shape index (κ3) is 1.83. The second-order valence-corrected chi connectivity index (χ2v) is 9.85. The molecule has 5 fully saturated rings. The Morgan fingerprint density at radius 3 is 2.35 bits per heavy atom. The van der Waals surface area contributed by atoms with Gasteiger partial charge in [-0.3, -0.25) is 0 Å². The van der Waals surface area contributed by atoms with Crippen LogP contribution in [0.2, 0.25) is 0 Å². The summed E-state index contributed by atoms with van der Waals surface area (Å²) >= 11 is 0. The summed E-state index contributed by atoms with van der Waals surface area (Å²) in [5.74, 6) is 3.58. The van der Waals surface area contributed by atoms with Gasteiger partial charge >= 0.3 is 0 Å². The summed E-state index contributed by atoms with van der Waals surface area (Å²) in [6, 6.07) is 0. The number of rotatable bonds is 0. The first-order valence-corrected chi connectivity index (χ1v) is 10.4. The molecular weight excluding hydrogens is 284 g/mol. The van der Waals surface area contributed by atoms with Crippen LogP contribution in [-0.4, -0.2) is 19.0 Å². The largest absolute Gasteiger partial charge is 0.347 e. The van der Waals surface area contributed by atoms with E-state index in [1.54, 1.807) is 0 Å². The summed E-state index contributed by atoms with van der Waals surface area (Å²) in [6.45, 7) is 6.82. The molecule has 1 heterocycles. The van der Waals surface area contributed by atoms with Crippen LogP contribution in [0.25, 0.3) is 0 Å². The van der Waals surface area contributed by atoms with Crippen molar-refractivity contribution < 1.29 is 9.47 Å². The van der Waals surface area contributed by atoms with Gasteiger partial charge < -0.3 is 9.47 Å². The highest BCUT2D eigenvalue weighted by Gasteiger charge is 2.66. The lowest BCUT2D eigenvalue weighted by Crippen LogP contribution is -2.56. The van der Waals surface area contributed by atoms with Crippen molar-refractivity contribution in [1.82, 2.24) is 0 Å². The van der Waals surface area contributed by atoms with Crippen molar-refractivity contribution in [2.45, 2.75) is 83.8 Å². The average Bonchev–Trinajstić information content (AvgIpc) is 3.14. The van der Waals surface area contributed by atoms with E-state index >= 15 is 0 Å². The Labute approximate surface area is 141 Å². The summed E-state index contributed by atoms with van der Waals surface area (Å²) in [5, 5.41) is 0. The summed E-state index contributed by atoms with van der Waals surface area (Å²) < 4.78 is 12.5. The summed E-state index contributed by atoms with van der Waals surface area (Å²) in [5.41, 5.74) is 0.929. The minimum Gasteiger partial charge on any atom is -0.347 e. The Bertz CT molecular complexity index is 482. The van der Waals surface area contributed by atoms with Crippen molar-refractivity contribution in [3.05, 3.63) is 0 Å². The van der Waals surface area contributed by atoms with Crippen LogP contribution in [0.5, 0.6) is 0 Å². The maximum atomic E-state index is 6.26. The van der Waals surface area contributed by atoms with Crippen molar-refractivity contribution in [1.29, 1.82) is 0 Å². The topological polar surface area (TPSA) is 18.5 Å². The van der Waals surface area contributed by atoms with E-state index in [2.05, 4.69) is 13.8 Å². The number of ether oxygens (including phenoxy) is 2. The first-order chi connectivity index (χ1) is 11.1. The molecule has 1 aliphatic heterocycles. The summed E-state index contributed by atoms with van der Waals surface area (Å²) in [7, 11) is 0. The monoisotopic (exact) mass is 318 g/mol. The second-order valence-electron chi connectivity index (χ2n) is 9.85. The van der Waals surface area contributed by atoms with Crippen LogP contribution >= 0.6 is 0 Å². The van der Waals surface area contributed by atoms with Crippen molar-refractivity contribution in [2.75, 3.05) is 13.2 Å². The third-order valence-corrected chi connectivity index (χ3v) is 9.38. The van der Waals surface area contributed by atoms with Gasteiger partial charge in [-0.25, -0.2) is 0 Å². The highest BCUT2D eigenvalue weighted by molar-refractivity contribution is 5.12. The fraction of sp³-hybridized carbons (Fsp3) is 1.00. The molecular formula is C21H34O2. The maximum Gasteiger partial charge on any atom is 0.174 e. The van der Waals surface area contributed by atoms with Crippen LogP contribution in [0, 0.1) is 34.5 Å². The molecule has 0 N–H and O–H groups in total. The third-order valence-electron chi connectivity index (χ3n) is 9.38. The van der Waals surface area contributed by atoms with Crippen molar-refractivity contribution in [2.24, 2.45) is 34.5 Å². The minimum absolute atomic E-state index is 0.215. The van der Waals surface area contributed by atoms with Gasteiger partial charge in [0.2, 0.25) is 0 Å². The van der Waals surface area contributed by atoms with E-state index in [1.807, 2.05) is 0 Å². The zero-order valence-corrected chi connectivity index (χ0v) is 15.1. The van der Waals surface area contributed by atoms with E-state index in [-0.39, 0.29) is 11.2 Å². The zero-order chi connectivity index (χ0) is 15.7. The Balaban J connectivity index is 1.47. The SMILES string of the molecule is C[C@]12CCCC[C@@H]1CC[C@@H]1[C@@H]2CC[C@@]2(C)[C@H]1CCC21OCCO1. The highest BCUT2D eigenvalue weighted by Crippen LogP contribution is 2.69. The van der Waals surface area contributed by atoms with Gasteiger partial charge in [0.25, 0.3) is 0 Å². The average molecular weight is 319 g/mol. The van der Waals surface area contributed by atoms with Crippen LogP contribution in [-0.2, 0) is 9.47 Å². The van der Waals surface area contributed by atoms with Gasteiger partial charge in [-0.05, 0) is 74.0 Å². The molecule has 0 unspecified atom stereocenters. The van der Waals surface area contributed by atoms with Gasteiger partial charge in [-0.15, -0.1) is 0 Å². The normalized spacial score (nSPS) is 54.5. The fourth-order valence-electron chi connectivity index (χ4n) is 8.18. The van der Waals surface area contributed by atoms with Crippen molar-refractivity contribution in [3.8, 4) is 0 Å². The van der Waals surface area contributed by atoms with Crippen LogP contribution < -0.4 is 0 Å². The minimum atomic E-state index is -0.215. The standard InChI is InChI=1S/C21H34O2/c1-19-10-4-3-5-15(19)6-7-16-17(19)8-11-20(2)18(16)9-12-21(20)22-13-14-23-21/h15-18H,3-14H2,1-2H3/t15-,16-,17+,18+,19+,20+/m1/s1. The lowest BCUT2D eigenvalue weighted by Gasteiger charge is -2.61. The molecule has 2 nitrogen and oxygen atoms in total. The van der Waals surface area contributed by atoms with E-state index in [4.69, 9.17) is 9.47 Å². The molecule has 0 aromatic heterocycles. The van der Waals surface area contributed by atoms with E-state index in [0.717, 1.165) is 43.3 Å². The van der Waals surface area contributed by atoms with Gasteiger partial charge in [0.15, 0.2) is 5.79 Å². The molecule has 0 aromatic rings. The molecule has 6 atom stereocenters. The van der Waals surface area contributed by atoms with Crippen molar-refractivity contribution >= 4 is 0 Å². The van der Waals surface area contributed by atoms with Gasteiger partial charge in [0, 0.05) is 11.8 Å². The molecule has 5 aliphatic rings. The van der Waals surface area contributed by atoms with Gasteiger partial charge in [-0.1, -0.05) is 26.7 Å². The molecule has 4 saturated carbocycles. The Morgan fingerprint density at radius 2 is 1.52 bits per heavy atom. The maximum absolute atomic E-state index is 6.26. The zero-order valence-electron chi connectivity index (χ0n) is 15.1. The molecule has 1 saturated heterocycles. The second kappa shape index (κ2) is 4.97. The van der Waals surface area contributed by atoms with E-state index in [9.17, 15) is 0 Å². The van der Waals surface area contributed by atoms with Crippen molar-refractivity contribution in [3.63, 3.8) is 0 Å². The lowest BCUT2D eigenvalue weighted by atomic mass is 9.45. The molecule has 23 heavy (non-hydrogen) atoms. The van der Waals surface area contributed by atoms with E-state index in [0.29, 0.717) is 5.41 Å². The molecule has 5 rings (SSSR count). The number of hydrogen-bond donors (Lipinski definition) is 0. The fourth-order valence-corrected chi connectivity index (χ4v) is 8.18. The predicted octanol–water partition coefficient (Wildman–Crippen LogP) is 5.16. The predicted molar refractivity (Wildman–Crippen MR) is 91.0 cm³/mol. The molecule has 130 valence electrons. The van der Waals surface area contributed by atoms with Gasteiger partial charge in [-0.2, -0.15) is 0 Å². The first kappa shape index (κ1) is 15.2. The van der Waals surface area contributed by atoms with E-state index in [1.165, 1.54) is 57.8 Å². The Kier molecular flexibility index (Phi) is 3.29. The first-order valence-electron chi connectivity index (χ1n) is 10.4. The molecule has 0 radical (unpaired) electrons. The van der Waals surface area contributed by atoms with Crippen LogP contribution in [0.1, 0.15) is 78.1 Å². The van der Waals surface area contributed by atoms with Crippen LogP contribution in [0.3, 0.4) is 0 Å². The molecule has 0 bridgehead atoms. The summed E-state index contributed by atoms with van der Waals surface area (Å²) in [6.07, 6.45) is 14.2. The van der Waals surface area contributed by atoms with Gasteiger partial charge in [0.1, 0.15) is 0 Å². The smallest absolute Gasteiger partial charge is 0.174 e. The van der Waals surface area contributed by atoms with Crippen LogP contribution in [0.15, 0.2) is 0 Å². The van der Waals surface area contributed by atoms with Gasteiger partial charge in [0.05, 0.1) is 13.2 Å². The van der Waals surface area contributed by atoms with Crippen LogP contribution in [0.4, 0.5) is 0 Å². The quantitative estimate of drug-likeness (QED) is 0.614. The highest BCUT2D eigenvalue weighted by atomic mass is 16.7. The molecule has 4 aliphatic carbocycles. The molecule has 2 heteroatoms. The lowest BCUT2D eigenvalue weighted by molar-refractivity contribution is -0.247. The Hall–Kier alpha value is -0.0800. The number of fused-ring (bicyclic) bond motifs is 6.